The molecule has 1 aliphatic heterocycles. The van der Waals surface area contributed by atoms with Crippen molar-refractivity contribution in [2.75, 3.05) is 31.1 Å². The van der Waals surface area contributed by atoms with Gasteiger partial charge in [-0.3, -0.25) is 9.69 Å². The van der Waals surface area contributed by atoms with Gasteiger partial charge in [-0.25, -0.2) is 4.98 Å². The molecule has 3 unspecified atom stereocenters. The second kappa shape index (κ2) is 5.54. The molecule has 118 valence electrons. The van der Waals surface area contributed by atoms with Crippen molar-refractivity contribution in [3.05, 3.63) is 23.9 Å². The summed E-state index contributed by atoms with van der Waals surface area (Å²) in [6.07, 6.45) is 7.49. The number of anilines is 1. The summed E-state index contributed by atoms with van der Waals surface area (Å²) in [5.74, 6) is 2.29. The molecule has 1 aromatic heterocycles. The van der Waals surface area contributed by atoms with E-state index in [2.05, 4.69) is 14.8 Å². The van der Waals surface area contributed by atoms with E-state index in [9.17, 15) is 4.79 Å². The number of hydrogen-bond donors (Lipinski definition) is 1. The number of carbonyl (C=O) groups is 1. The van der Waals surface area contributed by atoms with Crippen LogP contribution in [0.5, 0.6) is 0 Å². The Bertz CT molecular complexity index is 568. The number of primary amides is 1. The summed E-state index contributed by atoms with van der Waals surface area (Å²) < 4.78 is 0. The zero-order valence-electron chi connectivity index (χ0n) is 12.9. The topological polar surface area (TPSA) is 62.5 Å². The lowest BCUT2D eigenvalue weighted by Gasteiger charge is -2.41. The maximum absolute atomic E-state index is 11.6. The largest absolute Gasteiger partial charge is 0.365 e. The first kappa shape index (κ1) is 14.0. The summed E-state index contributed by atoms with van der Waals surface area (Å²) in [4.78, 5) is 20.8. The van der Waals surface area contributed by atoms with E-state index >= 15 is 0 Å². The molecular formula is C17H24N4O. The molecule has 2 N–H and O–H groups in total. The highest BCUT2D eigenvalue weighted by Crippen LogP contribution is 2.46. The molecular weight excluding hydrogens is 276 g/mol. The second-order valence-electron chi connectivity index (χ2n) is 7.00. The molecule has 0 spiro atoms. The predicted molar refractivity (Wildman–Crippen MR) is 85.8 cm³/mol. The van der Waals surface area contributed by atoms with Crippen LogP contribution in [0.4, 0.5) is 5.82 Å². The van der Waals surface area contributed by atoms with E-state index in [1.165, 1.54) is 25.7 Å². The summed E-state index contributed by atoms with van der Waals surface area (Å²) in [5, 5.41) is 0. The molecule has 2 bridgehead atoms. The minimum Gasteiger partial charge on any atom is -0.365 e. The minimum atomic E-state index is -0.390. The molecule has 5 heteroatoms. The number of nitrogens with zero attached hydrogens (tertiary/aromatic N) is 3. The van der Waals surface area contributed by atoms with Crippen molar-refractivity contribution < 1.29 is 4.79 Å². The van der Waals surface area contributed by atoms with Gasteiger partial charge in [0.05, 0.1) is 5.56 Å². The Morgan fingerprint density at radius 2 is 2.00 bits per heavy atom. The summed E-state index contributed by atoms with van der Waals surface area (Å²) in [6.45, 7) is 4.02. The number of carbonyl (C=O) groups excluding carboxylic acids is 1. The molecule has 1 saturated heterocycles. The van der Waals surface area contributed by atoms with Gasteiger partial charge in [0.2, 0.25) is 0 Å². The fraction of sp³-hybridized carbons (Fsp3) is 0.647. The highest BCUT2D eigenvalue weighted by atomic mass is 16.1. The van der Waals surface area contributed by atoms with Crippen molar-refractivity contribution in [3.63, 3.8) is 0 Å². The maximum Gasteiger partial charge on any atom is 0.252 e. The number of pyridine rings is 1. The molecule has 0 radical (unpaired) electrons. The average molecular weight is 300 g/mol. The van der Waals surface area contributed by atoms with Crippen LogP contribution in [0.15, 0.2) is 18.3 Å². The van der Waals surface area contributed by atoms with Crippen LogP contribution < -0.4 is 10.6 Å². The first-order valence-corrected chi connectivity index (χ1v) is 8.46. The van der Waals surface area contributed by atoms with Gasteiger partial charge in [-0.2, -0.15) is 0 Å². The van der Waals surface area contributed by atoms with Crippen molar-refractivity contribution in [1.82, 2.24) is 9.88 Å². The Kier molecular flexibility index (Phi) is 3.53. The van der Waals surface area contributed by atoms with Crippen molar-refractivity contribution in [2.24, 2.45) is 17.6 Å². The Balaban J connectivity index is 1.43. The number of fused-ring (bicyclic) bond motifs is 2. The molecule has 5 nitrogen and oxygen atoms in total. The third-order valence-corrected chi connectivity index (χ3v) is 5.84. The van der Waals surface area contributed by atoms with Gasteiger partial charge in [0, 0.05) is 38.4 Å². The standard InChI is InChI=1S/C17H24N4O/c18-16(22)14-2-1-5-19-17(14)21-8-6-20(7-9-21)15-11-12-3-4-13(15)10-12/h1-2,5,12-13,15H,3-4,6-11H2,(H2,18,22). The molecule has 3 aliphatic rings. The van der Waals surface area contributed by atoms with Gasteiger partial charge in [-0.15, -0.1) is 0 Å². The zero-order chi connectivity index (χ0) is 15.1. The van der Waals surface area contributed by atoms with Gasteiger partial charge in [-0.05, 0) is 43.2 Å². The molecule has 0 aromatic carbocycles. The zero-order valence-corrected chi connectivity index (χ0v) is 12.9. The van der Waals surface area contributed by atoms with E-state index < -0.39 is 5.91 Å². The second-order valence-corrected chi connectivity index (χ2v) is 7.00. The van der Waals surface area contributed by atoms with E-state index in [1.807, 2.05) is 0 Å². The van der Waals surface area contributed by atoms with Crippen LogP contribution in [0.2, 0.25) is 0 Å². The molecule has 2 aliphatic carbocycles. The first-order valence-electron chi connectivity index (χ1n) is 8.46. The van der Waals surface area contributed by atoms with E-state index in [1.54, 1.807) is 18.3 Å². The molecule has 4 rings (SSSR count). The van der Waals surface area contributed by atoms with E-state index in [4.69, 9.17) is 5.73 Å². The number of aromatic nitrogens is 1. The molecule has 1 amide bonds. The molecule has 3 atom stereocenters. The highest BCUT2D eigenvalue weighted by Gasteiger charge is 2.42. The van der Waals surface area contributed by atoms with Crippen molar-refractivity contribution in [1.29, 1.82) is 0 Å². The fourth-order valence-electron chi connectivity index (χ4n) is 4.77. The lowest BCUT2D eigenvalue weighted by atomic mass is 9.93. The van der Waals surface area contributed by atoms with E-state index in [0.29, 0.717) is 5.56 Å². The van der Waals surface area contributed by atoms with Crippen LogP contribution in [0, 0.1) is 11.8 Å². The number of nitrogens with two attached hydrogens (primary N) is 1. The monoisotopic (exact) mass is 300 g/mol. The molecule has 3 fully saturated rings. The molecule has 2 saturated carbocycles. The lowest BCUT2D eigenvalue weighted by molar-refractivity contribution is 0.0999. The SMILES string of the molecule is NC(=O)c1cccnc1N1CCN(C2CC3CCC2C3)CC1. The van der Waals surface area contributed by atoms with Gasteiger partial charge >= 0.3 is 0 Å². The third-order valence-electron chi connectivity index (χ3n) is 5.84. The molecule has 2 heterocycles. The highest BCUT2D eigenvalue weighted by molar-refractivity contribution is 5.97. The van der Waals surface area contributed by atoms with Gasteiger partial charge in [0.15, 0.2) is 0 Å². The van der Waals surface area contributed by atoms with Crippen molar-refractivity contribution in [2.45, 2.75) is 31.7 Å². The Morgan fingerprint density at radius 3 is 2.64 bits per heavy atom. The van der Waals surface area contributed by atoms with Gasteiger partial charge in [-0.1, -0.05) is 6.42 Å². The third kappa shape index (κ3) is 2.37. The van der Waals surface area contributed by atoms with Gasteiger partial charge in [0.1, 0.15) is 5.82 Å². The average Bonchev–Trinajstić information content (AvgIpc) is 3.18. The fourth-order valence-corrected chi connectivity index (χ4v) is 4.77. The van der Waals surface area contributed by atoms with Gasteiger partial charge < -0.3 is 10.6 Å². The van der Waals surface area contributed by atoms with E-state index in [-0.39, 0.29) is 0 Å². The lowest BCUT2D eigenvalue weighted by Crippen LogP contribution is -2.52. The maximum atomic E-state index is 11.6. The molecule has 1 aromatic rings. The Morgan fingerprint density at radius 1 is 1.18 bits per heavy atom. The van der Waals surface area contributed by atoms with Crippen molar-refractivity contribution >= 4 is 11.7 Å². The van der Waals surface area contributed by atoms with Crippen molar-refractivity contribution in [3.8, 4) is 0 Å². The summed E-state index contributed by atoms with van der Waals surface area (Å²) in [6, 6.07) is 4.35. The summed E-state index contributed by atoms with van der Waals surface area (Å²) in [7, 11) is 0. The normalized spacial score (nSPS) is 31.6. The van der Waals surface area contributed by atoms with Crippen LogP contribution in [-0.2, 0) is 0 Å². The number of amides is 1. The number of rotatable bonds is 3. The van der Waals surface area contributed by atoms with Gasteiger partial charge in [0.25, 0.3) is 5.91 Å². The Hall–Kier alpha value is -1.62. The van der Waals surface area contributed by atoms with Crippen LogP contribution in [0.1, 0.15) is 36.0 Å². The summed E-state index contributed by atoms with van der Waals surface area (Å²) in [5.41, 5.74) is 6.01. The smallest absolute Gasteiger partial charge is 0.252 e. The van der Waals surface area contributed by atoms with Crippen LogP contribution in [0.25, 0.3) is 0 Å². The van der Waals surface area contributed by atoms with Crippen LogP contribution in [0.3, 0.4) is 0 Å². The number of piperazine rings is 1. The molecule has 22 heavy (non-hydrogen) atoms. The Labute approximate surface area is 131 Å². The first-order chi connectivity index (χ1) is 10.7. The number of hydrogen-bond acceptors (Lipinski definition) is 4. The predicted octanol–water partition coefficient (Wildman–Crippen LogP) is 1.49. The quantitative estimate of drug-likeness (QED) is 0.919. The summed E-state index contributed by atoms with van der Waals surface area (Å²) >= 11 is 0. The van der Waals surface area contributed by atoms with E-state index in [0.717, 1.165) is 49.9 Å². The minimum absolute atomic E-state index is 0.390. The van der Waals surface area contributed by atoms with Crippen LogP contribution in [-0.4, -0.2) is 48.0 Å². The van der Waals surface area contributed by atoms with Crippen LogP contribution >= 0.6 is 0 Å².